The van der Waals surface area contributed by atoms with Crippen LogP contribution in [0.2, 0.25) is 0 Å². The van der Waals surface area contributed by atoms with Gasteiger partial charge < -0.3 is 21.1 Å². The lowest BCUT2D eigenvalue weighted by Crippen LogP contribution is -2.19. The Morgan fingerprint density at radius 1 is 0.829 bits per heavy atom. The van der Waals surface area contributed by atoms with Gasteiger partial charge in [0, 0.05) is 23.0 Å². The number of fused-ring (bicyclic) bond motifs is 1. The van der Waals surface area contributed by atoms with Crippen molar-refractivity contribution < 1.29 is 9.53 Å². The van der Waals surface area contributed by atoms with Gasteiger partial charge in [0.25, 0.3) is 0 Å². The highest BCUT2D eigenvalue weighted by molar-refractivity contribution is 6.00. The summed E-state index contributed by atoms with van der Waals surface area (Å²) in [7, 11) is 0. The van der Waals surface area contributed by atoms with Crippen LogP contribution in [-0.4, -0.2) is 16.0 Å². The van der Waals surface area contributed by atoms with Gasteiger partial charge in [0.2, 0.25) is 5.95 Å². The van der Waals surface area contributed by atoms with E-state index in [1.807, 2.05) is 85.8 Å². The van der Waals surface area contributed by atoms with Gasteiger partial charge in [-0.2, -0.15) is 0 Å². The van der Waals surface area contributed by atoms with Crippen LogP contribution in [0.4, 0.5) is 22.1 Å². The third-order valence-electron chi connectivity index (χ3n) is 5.50. The van der Waals surface area contributed by atoms with Crippen molar-refractivity contribution in [3.8, 4) is 22.6 Å². The molecular formula is C28H23N5O2. The highest BCUT2D eigenvalue weighted by atomic mass is 16.5. The van der Waals surface area contributed by atoms with Crippen LogP contribution in [-0.2, 0) is 0 Å². The van der Waals surface area contributed by atoms with Crippen molar-refractivity contribution in [2.24, 2.45) is 0 Å². The molecule has 1 heterocycles. The van der Waals surface area contributed by atoms with Gasteiger partial charge in [-0.05, 0) is 84.3 Å². The Balaban J connectivity index is 1.28. The number of nitrogens with two attached hydrogens (primary N) is 1. The van der Waals surface area contributed by atoms with Crippen molar-refractivity contribution in [2.45, 2.75) is 6.92 Å². The molecule has 5 aromatic rings. The van der Waals surface area contributed by atoms with E-state index < -0.39 is 0 Å². The molecule has 0 aliphatic rings. The van der Waals surface area contributed by atoms with E-state index in [1.165, 1.54) is 0 Å². The molecule has 0 atom stereocenters. The molecule has 0 spiro atoms. The number of carbonyl (C=O) groups is 1. The van der Waals surface area contributed by atoms with Gasteiger partial charge in [-0.3, -0.25) is 0 Å². The van der Waals surface area contributed by atoms with Crippen molar-refractivity contribution >= 4 is 34.3 Å². The Kier molecular flexibility index (Phi) is 5.96. The number of aryl methyl sites for hydroxylation is 1. The molecule has 0 aliphatic heterocycles. The van der Waals surface area contributed by atoms with Crippen LogP contribution < -0.4 is 21.1 Å². The Bertz CT molecular complexity index is 1500. The summed E-state index contributed by atoms with van der Waals surface area (Å²) in [5.41, 5.74) is 10.9. The smallest absolute Gasteiger partial charge is 0.323 e. The van der Waals surface area contributed by atoms with E-state index in [9.17, 15) is 4.79 Å². The molecule has 1 aromatic heterocycles. The van der Waals surface area contributed by atoms with Gasteiger partial charge in [-0.15, -0.1) is 0 Å². The molecule has 4 aromatic carbocycles. The Morgan fingerprint density at radius 3 is 2.34 bits per heavy atom. The highest BCUT2D eigenvalue weighted by Crippen LogP contribution is 2.29. The fourth-order valence-corrected chi connectivity index (χ4v) is 3.75. The van der Waals surface area contributed by atoms with Gasteiger partial charge in [-0.1, -0.05) is 30.3 Å². The van der Waals surface area contributed by atoms with Crippen LogP contribution in [0.5, 0.6) is 11.5 Å². The van der Waals surface area contributed by atoms with Crippen LogP contribution in [0, 0.1) is 6.92 Å². The summed E-state index contributed by atoms with van der Waals surface area (Å²) in [5, 5.41) is 6.65. The lowest BCUT2D eigenvalue weighted by Gasteiger charge is -2.12. The largest absolute Gasteiger partial charge is 0.457 e. The number of aromatic nitrogens is 2. The second-order valence-corrected chi connectivity index (χ2v) is 8.05. The highest BCUT2D eigenvalue weighted by Gasteiger charge is 2.09. The van der Waals surface area contributed by atoms with Gasteiger partial charge in [0.05, 0.1) is 5.52 Å². The minimum Gasteiger partial charge on any atom is -0.457 e. The number of nitrogens with zero attached hydrogens (tertiary/aromatic N) is 2. The average molecular weight is 462 g/mol. The number of anilines is 3. The maximum atomic E-state index is 12.6. The van der Waals surface area contributed by atoms with Crippen molar-refractivity contribution in [3.05, 3.63) is 103 Å². The second kappa shape index (κ2) is 9.52. The predicted octanol–water partition coefficient (Wildman–Crippen LogP) is 6.62. The molecule has 172 valence electrons. The van der Waals surface area contributed by atoms with E-state index in [0.29, 0.717) is 17.1 Å². The number of hydrogen-bond donors (Lipinski definition) is 3. The summed E-state index contributed by atoms with van der Waals surface area (Å²) in [4.78, 5) is 20.9. The molecule has 4 N–H and O–H groups in total. The summed E-state index contributed by atoms with van der Waals surface area (Å²) in [6, 6.07) is 28.1. The molecule has 0 bridgehead atoms. The normalized spacial score (nSPS) is 10.7. The minimum absolute atomic E-state index is 0.247. The molecule has 0 radical (unpaired) electrons. The van der Waals surface area contributed by atoms with Crippen molar-refractivity contribution in [3.63, 3.8) is 0 Å². The fourth-order valence-electron chi connectivity index (χ4n) is 3.75. The summed E-state index contributed by atoms with van der Waals surface area (Å²) in [5.74, 6) is 1.69. The minimum atomic E-state index is -0.334. The number of para-hydroxylation sites is 1. The zero-order valence-electron chi connectivity index (χ0n) is 19.0. The van der Waals surface area contributed by atoms with Crippen LogP contribution in [0.25, 0.3) is 22.0 Å². The Morgan fingerprint density at radius 2 is 1.54 bits per heavy atom. The monoisotopic (exact) mass is 461 g/mol. The summed E-state index contributed by atoms with van der Waals surface area (Å²) in [6.45, 7) is 2.03. The van der Waals surface area contributed by atoms with Crippen molar-refractivity contribution in [1.29, 1.82) is 0 Å². The first-order valence-electron chi connectivity index (χ1n) is 11.1. The number of urea groups is 1. The Hall–Kier alpha value is -4.91. The molecule has 7 nitrogen and oxygen atoms in total. The van der Waals surface area contributed by atoms with Crippen molar-refractivity contribution in [1.82, 2.24) is 9.97 Å². The van der Waals surface area contributed by atoms with E-state index in [1.54, 1.807) is 18.3 Å². The molecule has 2 amide bonds. The second-order valence-electron chi connectivity index (χ2n) is 8.05. The van der Waals surface area contributed by atoms with E-state index in [0.717, 1.165) is 33.3 Å². The van der Waals surface area contributed by atoms with Crippen LogP contribution in [0.3, 0.4) is 0 Å². The van der Waals surface area contributed by atoms with E-state index in [-0.39, 0.29) is 12.0 Å². The number of nitrogen functional groups attached to an aromatic ring is 1. The number of benzene rings is 4. The quantitative estimate of drug-likeness (QED) is 0.273. The number of carbonyl (C=O) groups excluding carboxylic acids is 1. The average Bonchev–Trinajstić information content (AvgIpc) is 2.87. The molecule has 0 aliphatic carbocycles. The molecular weight excluding hydrogens is 438 g/mol. The number of ether oxygens (including phenoxy) is 1. The first-order chi connectivity index (χ1) is 17.0. The molecule has 0 saturated carbocycles. The van der Waals surface area contributed by atoms with E-state index in [2.05, 4.69) is 20.6 Å². The number of nitrogens with one attached hydrogen (secondary N) is 2. The molecule has 0 fully saturated rings. The summed E-state index contributed by atoms with van der Waals surface area (Å²) < 4.78 is 5.79. The van der Waals surface area contributed by atoms with Gasteiger partial charge in [-0.25, -0.2) is 14.8 Å². The summed E-state index contributed by atoms with van der Waals surface area (Å²) in [6.07, 6.45) is 1.71. The first kappa shape index (κ1) is 21.9. The lowest BCUT2D eigenvalue weighted by molar-refractivity contribution is 0.262. The maximum Gasteiger partial charge on any atom is 0.323 e. The topological polar surface area (TPSA) is 102 Å². The van der Waals surface area contributed by atoms with Gasteiger partial charge in [0.1, 0.15) is 11.5 Å². The van der Waals surface area contributed by atoms with Gasteiger partial charge in [0.15, 0.2) is 0 Å². The van der Waals surface area contributed by atoms with E-state index >= 15 is 0 Å². The molecule has 0 unspecified atom stereocenters. The standard InChI is InChI=1S/C28H23N5O2/c1-18-7-9-22(16-25(18)19-8-14-26-20(15-19)17-30-27(29)33-26)32-28(34)31-21-10-12-24(13-11-21)35-23-5-3-2-4-6-23/h2-17H,1H3,(H2,29,30,33)(H2,31,32,34). The fraction of sp³-hybridized carbons (Fsp3) is 0.0357. The van der Waals surface area contributed by atoms with Crippen LogP contribution in [0.1, 0.15) is 5.56 Å². The molecule has 35 heavy (non-hydrogen) atoms. The predicted molar refractivity (Wildman–Crippen MR) is 140 cm³/mol. The van der Waals surface area contributed by atoms with Gasteiger partial charge >= 0.3 is 6.03 Å². The number of hydrogen-bond acceptors (Lipinski definition) is 5. The van der Waals surface area contributed by atoms with Crippen molar-refractivity contribution in [2.75, 3.05) is 16.4 Å². The molecule has 7 heteroatoms. The van der Waals surface area contributed by atoms with Crippen LogP contribution in [0.15, 0.2) is 97.2 Å². The first-order valence-corrected chi connectivity index (χ1v) is 11.1. The molecule has 5 rings (SSSR count). The third-order valence-corrected chi connectivity index (χ3v) is 5.50. The zero-order chi connectivity index (χ0) is 24.2. The third kappa shape index (κ3) is 5.20. The maximum absolute atomic E-state index is 12.6. The number of amides is 2. The van der Waals surface area contributed by atoms with Crippen LogP contribution >= 0.6 is 0 Å². The summed E-state index contributed by atoms with van der Waals surface area (Å²) >= 11 is 0. The number of rotatable bonds is 5. The van der Waals surface area contributed by atoms with E-state index in [4.69, 9.17) is 10.5 Å². The Labute approximate surface area is 202 Å². The SMILES string of the molecule is Cc1ccc(NC(=O)Nc2ccc(Oc3ccccc3)cc2)cc1-c1ccc2nc(N)ncc2c1. The molecule has 0 saturated heterocycles. The lowest BCUT2D eigenvalue weighted by atomic mass is 9.98. The zero-order valence-corrected chi connectivity index (χ0v) is 19.0.